The zero-order valence-electron chi connectivity index (χ0n) is 14.0. The highest BCUT2D eigenvalue weighted by Gasteiger charge is 2.09. The van der Waals surface area contributed by atoms with Crippen LogP contribution in [0.5, 0.6) is 0 Å². The minimum Gasteiger partial charge on any atom is -0.467 e. The van der Waals surface area contributed by atoms with Gasteiger partial charge in [0.2, 0.25) is 4.80 Å². The van der Waals surface area contributed by atoms with Crippen molar-refractivity contribution in [2.24, 2.45) is 10.2 Å². The van der Waals surface area contributed by atoms with Crippen molar-refractivity contribution in [2.45, 2.75) is 6.54 Å². The van der Waals surface area contributed by atoms with E-state index < -0.39 is 0 Å². The Morgan fingerprint density at radius 3 is 2.42 bits per heavy atom. The van der Waals surface area contributed by atoms with E-state index in [0.29, 0.717) is 6.54 Å². The lowest BCUT2D eigenvalue weighted by Crippen LogP contribution is -2.16. The van der Waals surface area contributed by atoms with Crippen LogP contribution in [0, 0.1) is 0 Å². The van der Waals surface area contributed by atoms with Crippen LogP contribution in [0.2, 0.25) is 0 Å². The van der Waals surface area contributed by atoms with Crippen LogP contribution in [0.3, 0.4) is 0 Å². The molecule has 0 bridgehead atoms. The molecule has 0 N–H and O–H groups in total. The van der Waals surface area contributed by atoms with E-state index in [4.69, 9.17) is 4.42 Å². The molecule has 0 fully saturated rings. The highest BCUT2D eigenvalue weighted by molar-refractivity contribution is 7.07. The van der Waals surface area contributed by atoms with E-state index in [1.807, 2.05) is 60.7 Å². The third-order valence-corrected chi connectivity index (χ3v) is 4.76. The first kappa shape index (κ1) is 16.3. The Morgan fingerprint density at radius 1 is 0.923 bits per heavy atom. The second-order valence-corrected chi connectivity index (χ2v) is 6.53. The Balaban J connectivity index is 1.73. The summed E-state index contributed by atoms with van der Waals surface area (Å²) in [6.45, 7) is 0.612. The van der Waals surface area contributed by atoms with Gasteiger partial charge in [0.15, 0.2) is 0 Å². The van der Waals surface area contributed by atoms with E-state index >= 15 is 0 Å². The number of hydrogen-bond acceptors (Lipinski definition) is 4. The van der Waals surface area contributed by atoms with E-state index in [1.54, 1.807) is 23.8 Å². The number of aromatic nitrogens is 1. The maximum Gasteiger partial charge on any atom is 0.211 e. The third kappa shape index (κ3) is 3.73. The summed E-state index contributed by atoms with van der Waals surface area (Å²) in [5, 5.41) is 10.8. The van der Waals surface area contributed by atoms with E-state index in [-0.39, 0.29) is 0 Å². The van der Waals surface area contributed by atoms with Crippen molar-refractivity contribution in [3.63, 3.8) is 0 Å². The van der Waals surface area contributed by atoms with Crippen LogP contribution >= 0.6 is 11.3 Å². The van der Waals surface area contributed by atoms with Crippen molar-refractivity contribution in [3.05, 3.63) is 101 Å². The molecule has 0 radical (unpaired) electrons. The first-order valence-electron chi connectivity index (χ1n) is 8.28. The van der Waals surface area contributed by atoms with Gasteiger partial charge in [-0.2, -0.15) is 5.10 Å². The van der Waals surface area contributed by atoms with Gasteiger partial charge in [-0.15, -0.1) is 16.4 Å². The van der Waals surface area contributed by atoms with Gasteiger partial charge in [0.1, 0.15) is 5.76 Å². The SMILES string of the molecule is C(=NN=c1scc(-c2ccccc2)n1Cc1ccco1)c1ccccc1. The van der Waals surface area contributed by atoms with Crippen LogP contribution in [-0.2, 0) is 6.54 Å². The Morgan fingerprint density at radius 2 is 1.69 bits per heavy atom. The molecular weight excluding hydrogens is 342 g/mol. The zero-order valence-corrected chi connectivity index (χ0v) is 14.8. The highest BCUT2D eigenvalue weighted by atomic mass is 32.1. The van der Waals surface area contributed by atoms with Crippen LogP contribution in [0.4, 0.5) is 0 Å². The largest absolute Gasteiger partial charge is 0.467 e. The molecule has 2 aromatic carbocycles. The van der Waals surface area contributed by atoms with Crippen molar-refractivity contribution in [2.75, 3.05) is 0 Å². The van der Waals surface area contributed by atoms with Crippen molar-refractivity contribution in [1.29, 1.82) is 0 Å². The molecule has 5 heteroatoms. The molecule has 0 aliphatic heterocycles. The van der Waals surface area contributed by atoms with Gasteiger partial charge in [-0.1, -0.05) is 60.7 Å². The zero-order chi connectivity index (χ0) is 17.6. The first-order valence-corrected chi connectivity index (χ1v) is 9.16. The lowest BCUT2D eigenvalue weighted by molar-refractivity contribution is 0.491. The molecule has 2 aromatic heterocycles. The molecule has 0 aliphatic carbocycles. The summed E-state index contributed by atoms with van der Waals surface area (Å²) in [4.78, 5) is 0.826. The molecule has 2 heterocycles. The van der Waals surface area contributed by atoms with Gasteiger partial charge in [0.25, 0.3) is 0 Å². The maximum atomic E-state index is 5.53. The summed E-state index contributed by atoms with van der Waals surface area (Å²) in [6.07, 6.45) is 3.45. The molecule has 26 heavy (non-hydrogen) atoms. The summed E-state index contributed by atoms with van der Waals surface area (Å²) >= 11 is 1.57. The molecule has 0 saturated heterocycles. The van der Waals surface area contributed by atoms with Gasteiger partial charge >= 0.3 is 0 Å². The number of thiazole rings is 1. The van der Waals surface area contributed by atoms with Crippen LogP contribution in [-0.4, -0.2) is 10.8 Å². The molecule has 0 spiro atoms. The third-order valence-electron chi connectivity index (χ3n) is 3.91. The number of benzene rings is 2. The molecule has 0 atom stereocenters. The Hall–Kier alpha value is -3.18. The summed E-state index contributed by atoms with van der Waals surface area (Å²) < 4.78 is 7.66. The topological polar surface area (TPSA) is 42.8 Å². The van der Waals surface area contributed by atoms with E-state index in [1.165, 1.54) is 0 Å². The summed E-state index contributed by atoms with van der Waals surface area (Å²) in [7, 11) is 0. The fourth-order valence-corrected chi connectivity index (χ4v) is 3.51. The maximum absolute atomic E-state index is 5.53. The quantitative estimate of drug-likeness (QED) is 0.373. The molecular formula is C21H17N3OS. The van der Waals surface area contributed by atoms with Crippen LogP contribution in [0.1, 0.15) is 11.3 Å². The molecule has 4 nitrogen and oxygen atoms in total. The Bertz CT molecular complexity index is 1050. The van der Waals surface area contributed by atoms with Gasteiger partial charge in [-0.3, -0.25) is 0 Å². The molecule has 4 rings (SSSR count). The monoisotopic (exact) mass is 359 g/mol. The van der Waals surface area contributed by atoms with Gasteiger partial charge in [-0.05, 0) is 23.3 Å². The fourth-order valence-electron chi connectivity index (χ4n) is 2.64. The smallest absolute Gasteiger partial charge is 0.211 e. The Kier molecular flexibility index (Phi) is 4.89. The standard InChI is InChI=1S/C21H17N3OS/c1-3-8-17(9-4-1)14-22-23-21-24(15-19-12-7-13-25-19)20(16-26-21)18-10-5-2-6-11-18/h1-14,16H,15H2. The number of nitrogens with zero attached hydrogens (tertiary/aromatic N) is 3. The predicted molar refractivity (Wildman–Crippen MR) is 105 cm³/mol. The van der Waals surface area contributed by atoms with Crippen LogP contribution in [0.25, 0.3) is 11.3 Å². The van der Waals surface area contributed by atoms with Gasteiger partial charge in [0, 0.05) is 5.38 Å². The summed E-state index contributed by atoms with van der Waals surface area (Å²) in [5.74, 6) is 0.883. The van der Waals surface area contributed by atoms with Crippen LogP contribution < -0.4 is 4.80 Å². The van der Waals surface area contributed by atoms with Crippen molar-refractivity contribution < 1.29 is 4.42 Å². The second-order valence-electron chi connectivity index (χ2n) is 5.69. The molecule has 4 aromatic rings. The lowest BCUT2D eigenvalue weighted by Gasteiger charge is -2.07. The Labute approximate surface area is 155 Å². The van der Waals surface area contributed by atoms with E-state index in [0.717, 1.165) is 27.4 Å². The first-order chi connectivity index (χ1) is 12.9. The minimum absolute atomic E-state index is 0.612. The van der Waals surface area contributed by atoms with Crippen LogP contribution in [0.15, 0.2) is 99.1 Å². The summed E-state index contributed by atoms with van der Waals surface area (Å²) in [5.41, 5.74) is 3.26. The number of hydrogen-bond donors (Lipinski definition) is 0. The van der Waals surface area contributed by atoms with Gasteiger partial charge in [-0.25, -0.2) is 0 Å². The molecule has 0 amide bonds. The lowest BCUT2D eigenvalue weighted by atomic mass is 10.2. The van der Waals surface area contributed by atoms with Crippen molar-refractivity contribution in [1.82, 2.24) is 4.57 Å². The predicted octanol–water partition coefficient (Wildman–Crippen LogP) is 4.79. The second kappa shape index (κ2) is 7.80. The number of rotatable bonds is 5. The van der Waals surface area contributed by atoms with Gasteiger partial charge < -0.3 is 8.98 Å². The highest BCUT2D eigenvalue weighted by Crippen LogP contribution is 2.20. The molecule has 0 unspecified atom stereocenters. The normalized spacial score (nSPS) is 12.1. The molecule has 0 saturated carbocycles. The van der Waals surface area contributed by atoms with Crippen molar-refractivity contribution in [3.8, 4) is 11.3 Å². The molecule has 0 aliphatic rings. The average Bonchev–Trinajstić information content (AvgIpc) is 3.34. The number of furan rings is 1. The average molecular weight is 359 g/mol. The molecule has 128 valence electrons. The van der Waals surface area contributed by atoms with Crippen molar-refractivity contribution >= 4 is 17.6 Å². The minimum atomic E-state index is 0.612. The van der Waals surface area contributed by atoms with Gasteiger partial charge in [0.05, 0.1) is 24.7 Å². The summed E-state index contributed by atoms with van der Waals surface area (Å²) in [6, 6.07) is 24.1. The fraction of sp³-hybridized carbons (Fsp3) is 0.0476. The van der Waals surface area contributed by atoms with E-state index in [2.05, 4.69) is 32.3 Å². The van der Waals surface area contributed by atoms with E-state index in [9.17, 15) is 0 Å².